The van der Waals surface area contributed by atoms with Gasteiger partial charge in [0.15, 0.2) is 0 Å². The number of hydrogen-bond donors (Lipinski definition) is 3. The lowest BCUT2D eigenvalue weighted by Crippen LogP contribution is -2.50. The first-order valence-corrected chi connectivity index (χ1v) is 17.3. The summed E-state index contributed by atoms with van der Waals surface area (Å²) in [5, 5.41) is 4.31. The highest BCUT2D eigenvalue weighted by Crippen LogP contribution is 2.40. The van der Waals surface area contributed by atoms with Crippen LogP contribution in [0.5, 0.6) is 0 Å². The van der Waals surface area contributed by atoms with E-state index in [1.807, 2.05) is 5.32 Å². The minimum atomic E-state index is -4.39. The number of pyridine rings is 1. The van der Waals surface area contributed by atoms with Crippen molar-refractivity contribution in [2.75, 3.05) is 29.3 Å². The average molecular weight is 713 g/mol. The van der Waals surface area contributed by atoms with Gasteiger partial charge in [-0.15, -0.1) is 0 Å². The van der Waals surface area contributed by atoms with Gasteiger partial charge in [-0.05, 0) is 57.4 Å². The third-order valence-corrected chi connectivity index (χ3v) is 9.64. The normalized spacial score (nSPS) is 14.2. The molecule has 2 aromatic heterocycles. The van der Waals surface area contributed by atoms with Crippen LogP contribution < -0.4 is 14.9 Å². The summed E-state index contributed by atoms with van der Waals surface area (Å²) in [6.07, 6.45) is 1.22. The molecule has 266 valence electrons. The smallest absolute Gasteiger partial charge is 0.410 e. The van der Waals surface area contributed by atoms with E-state index in [-0.39, 0.29) is 59.8 Å². The fourth-order valence-corrected chi connectivity index (χ4v) is 7.16. The number of carbonyl (C=O) groups is 3. The molecule has 0 atom stereocenters. The van der Waals surface area contributed by atoms with Gasteiger partial charge in [0.25, 0.3) is 15.9 Å². The fourth-order valence-electron chi connectivity index (χ4n) is 5.39. The first kappa shape index (κ1) is 36.0. The second kappa shape index (κ2) is 14.7. The molecule has 0 unspecified atom stereocenters. The number of nitrogens with one attached hydrogen (secondary N) is 3. The largest absolute Gasteiger partial charge is 0.445 e. The summed E-state index contributed by atoms with van der Waals surface area (Å²) < 4.78 is 70.9. The molecule has 1 fully saturated rings. The molecule has 1 aliphatic rings. The van der Waals surface area contributed by atoms with Crippen LogP contribution in [0.2, 0.25) is 0 Å². The van der Waals surface area contributed by atoms with Gasteiger partial charge < -0.3 is 30.0 Å². The molecule has 0 radical (unpaired) electrons. The van der Waals surface area contributed by atoms with Crippen molar-refractivity contribution < 1.29 is 41.1 Å². The van der Waals surface area contributed by atoms with E-state index in [2.05, 4.69) is 15.3 Å². The number of likely N-dealkylation sites (tertiary alicyclic amines) is 1. The van der Waals surface area contributed by atoms with Gasteiger partial charge in [-0.3, -0.25) is 9.10 Å². The van der Waals surface area contributed by atoms with E-state index in [1.165, 1.54) is 29.3 Å². The standard InChI is InChI=1S/C34H38F2N6O7S/c1-33(2,3)49-32(45)41-18-15-24(16-19-41)42(50(46,47)25-12-8-5-9-13-25)28-26-14-17-37-29(26)38-20-27(28)40-30(43)34(35,36)22-39-31(44)48-21-23-10-6-4-7-11-23/h4-14,17,20,24H,15-16,18-19,21-22H2,1-3H3,(H,37,38)(H,39,44)(H,40,43). The van der Waals surface area contributed by atoms with E-state index < -0.39 is 52.2 Å². The highest BCUT2D eigenvalue weighted by atomic mass is 32.2. The Kier molecular flexibility index (Phi) is 10.6. The van der Waals surface area contributed by atoms with E-state index in [4.69, 9.17) is 9.47 Å². The summed E-state index contributed by atoms with van der Waals surface area (Å²) in [6.45, 7) is 3.95. The number of ether oxygens (including phenoxy) is 2. The quantitative estimate of drug-likeness (QED) is 0.190. The number of fused-ring (bicyclic) bond motifs is 1. The first-order valence-electron chi connectivity index (χ1n) is 15.8. The van der Waals surface area contributed by atoms with Crippen molar-refractivity contribution in [3.8, 4) is 0 Å². The molecule has 3 amide bonds. The van der Waals surface area contributed by atoms with E-state index in [0.29, 0.717) is 5.56 Å². The van der Waals surface area contributed by atoms with Crippen molar-refractivity contribution in [3.05, 3.63) is 84.7 Å². The summed E-state index contributed by atoms with van der Waals surface area (Å²) in [5.74, 6) is -5.95. The number of aromatic nitrogens is 2. The van der Waals surface area contributed by atoms with Gasteiger partial charge in [0.05, 0.1) is 29.0 Å². The molecule has 5 rings (SSSR count). The Morgan fingerprint density at radius 3 is 2.28 bits per heavy atom. The number of amides is 3. The molecular weight excluding hydrogens is 674 g/mol. The Labute approximate surface area is 288 Å². The van der Waals surface area contributed by atoms with Crippen LogP contribution in [0.4, 0.5) is 29.7 Å². The molecule has 2 aromatic carbocycles. The number of piperidine rings is 1. The average Bonchev–Trinajstić information content (AvgIpc) is 3.57. The third kappa shape index (κ3) is 8.48. The minimum absolute atomic E-state index is 0.0732. The summed E-state index contributed by atoms with van der Waals surface area (Å²) >= 11 is 0. The van der Waals surface area contributed by atoms with Crippen molar-refractivity contribution >= 4 is 50.5 Å². The van der Waals surface area contributed by atoms with Gasteiger partial charge in [0, 0.05) is 30.7 Å². The van der Waals surface area contributed by atoms with Gasteiger partial charge in [0.2, 0.25) is 0 Å². The summed E-state index contributed by atoms with van der Waals surface area (Å²) in [5.41, 5.74) is -0.247. The number of sulfonamides is 1. The lowest BCUT2D eigenvalue weighted by Gasteiger charge is -2.40. The molecular formula is C34H38F2N6O7S. The number of aromatic amines is 1. The van der Waals surface area contributed by atoms with E-state index in [9.17, 15) is 22.8 Å². The van der Waals surface area contributed by atoms with E-state index in [1.54, 1.807) is 69.3 Å². The van der Waals surface area contributed by atoms with E-state index >= 15 is 8.78 Å². The van der Waals surface area contributed by atoms with Crippen LogP contribution in [0.15, 0.2) is 84.0 Å². The Hall–Kier alpha value is -5.25. The highest BCUT2D eigenvalue weighted by Gasteiger charge is 2.42. The molecule has 50 heavy (non-hydrogen) atoms. The molecule has 0 aliphatic carbocycles. The van der Waals surface area contributed by atoms with Crippen LogP contribution in [0.25, 0.3) is 11.0 Å². The molecule has 0 spiro atoms. The Morgan fingerprint density at radius 1 is 1.00 bits per heavy atom. The number of rotatable bonds is 10. The van der Waals surface area contributed by atoms with Gasteiger partial charge in [0.1, 0.15) is 17.9 Å². The van der Waals surface area contributed by atoms with Gasteiger partial charge in [-0.25, -0.2) is 23.0 Å². The molecule has 0 bridgehead atoms. The van der Waals surface area contributed by atoms with Gasteiger partial charge in [-0.1, -0.05) is 48.5 Å². The first-order chi connectivity index (χ1) is 23.7. The lowest BCUT2D eigenvalue weighted by molar-refractivity contribution is -0.138. The van der Waals surface area contributed by atoms with Gasteiger partial charge in [-0.2, -0.15) is 8.78 Å². The topological polar surface area (TPSA) is 163 Å². The van der Waals surface area contributed by atoms with Crippen LogP contribution in [0, 0.1) is 0 Å². The van der Waals surface area contributed by atoms with Crippen molar-refractivity contribution in [2.24, 2.45) is 0 Å². The number of alkyl carbamates (subject to hydrolysis) is 1. The van der Waals surface area contributed by atoms with Crippen molar-refractivity contribution in [1.82, 2.24) is 20.2 Å². The lowest BCUT2D eigenvalue weighted by atomic mass is 10.0. The number of alkyl halides is 2. The Morgan fingerprint density at radius 2 is 1.64 bits per heavy atom. The number of benzene rings is 2. The molecule has 0 saturated carbocycles. The molecule has 3 N–H and O–H groups in total. The van der Waals surface area contributed by atoms with E-state index in [0.717, 1.165) is 10.5 Å². The molecule has 3 heterocycles. The second-order valence-electron chi connectivity index (χ2n) is 12.6. The van der Waals surface area contributed by atoms with Gasteiger partial charge >= 0.3 is 18.1 Å². The summed E-state index contributed by atoms with van der Waals surface area (Å²) in [7, 11) is -4.39. The predicted molar refractivity (Wildman–Crippen MR) is 181 cm³/mol. The number of H-pyrrole nitrogens is 1. The number of carbonyl (C=O) groups excluding carboxylic acids is 3. The molecule has 4 aromatic rings. The number of halogens is 2. The Bertz CT molecular complexity index is 1930. The fraction of sp³-hybridized carbons (Fsp3) is 0.353. The maximum absolute atomic E-state index is 15.2. The number of hydrogen-bond acceptors (Lipinski definition) is 8. The van der Waals surface area contributed by atoms with Crippen LogP contribution in [0.3, 0.4) is 0 Å². The van der Waals surface area contributed by atoms with Crippen molar-refractivity contribution in [2.45, 2.75) is 62.7 Å². The molecule has 1 saturated heterocycles. The molecule has 13 nitrogen and oxygen atoms in total. The maximum atomic E-state index is 15.2. The molecule has 1 aliphatic heterocycles. The minimum Gasteiger partial charge on any atom is -0.445 e. The van der Waals surface area contributed by atoms with Crippen molar-refractivity contribution in [1.29, 1.82) is 0 Å². The zero-order chi connectivity index (χ0) is 36.1. The monoisotopic (exact) mass is 712 g/mol. The number of anilines is 2. The van der Waals surface area contributed by atoms with Crippen LogP contribution >= 0.6 is 0 Å². The summed E-state index contributed by atoms with van der Waals surface area (Å²) in [6, 6.07) is 16.9. The van der Waals surface area contributed by atoms with Crippen LogP contribution in [-0.4, -0.2) is 78.6 Å². The zero-order valence-electron chi connectivity index (χ0n) is 27.7. The molecule has 16 heteroatoms. The number of nitrogens with zero attached hydrogens (tertiary/aromatic N) is 3. The highest BCUT2D eigenvalue weighted by molar-refractivity contribution is 7.93. The third-order valence-electron chi connectivity index (χ3n) is 7.77. The van der Waals surface area contributed by atoms with Crippen LogP contribution in [0.1, 0.15) is 39.2 Å². The maximum Gasteiger partial charge on any atom is 0.410 e. The van der Waals surface area contributed by atoms with Crippen molar-refractivity contribution in [3.63, 3.8) is 0 Å². The summed E-state index contributed by atoms with van der Waals surface area (Å²) in [4.78, 5) is 46.5. The second-order valence-corrected chi connectivity index (χ2v) is 14.5. The predicted octanol–water partition coefficient (Wildman–Crippen LogP) is 5.66. The van der Waals surface area contributed by atoms with Crippen LogP contribution in [-0.2, 0) is 30.9 Å². The zero-order valence-corrected chi connectivity index (χ0v) is 28.5. The SMILES string of the molecule is CC(C)(C)OC(=O)N1CCC(N(c2c(NC(=O)C(F)(F)CNC(=O)OCc3ccccc3)cnc3[nH]ccc23)S(=O)(=O)c2ccccc2)CC1. The Balaban J connectivity index is 1.43.